The summed E-state index contributed by atoms with van der Waals surface area (Å²) in [7, 11) is 0. The third-order valence-corrected chi connectivity index (χ3v) is 5.21. The summed E-state index contributed by atoms with van der Waals surface area (Å²) in [5, 5.41) is 0.559. The number of nitrogens with zero attached hydrogens (tertiary/aromatic N) is 4. The van der Waals surface area contributed by atoms with Gasteiger partial charge in [0.2, 0.25) is 0 Å². The van der Waals surface area contributed by atoms with Gasteiger partial charge >= 0.3 is 11.3 Å². The monoisotopic (exact) mass is 481 g/mol. The molecular formula is C24H11N5O7. The van der Waals surface area contributed by atoms with E-state index in [4.69, 9.17) is 13.3 Å². The van der Waals surface area contributed by atoms with Crippen LogP contribution < -0.4 is 11.3 Å². The first kappa shape index (κ1) is 21.0. The Bertz CT molecular complexity index is 1800. The molecule has 0 unspecified atom stereocenters. The lowest BCUT2D eigenvalue weighted by Crippen LogP contribution is -2.14. The average molecular weight is 481 g/mol. The van der Waals surface area contributed by atoms with Crippen molar-refractivity contribution < 1.29 is 22.8 Å². The molecule has 2 aromatic carbocycles. The minimum atomic E-state index is -1.04. The van der Waals surface area contributed by atoms with Gasteiger partial charge in [-0.25, -0.2) is 29.5 Å². The number of aromatic nitrogens is 5. The van der Waals surface area contributed by atoms with Crippen molar-refractivity contribution in [1.29, 1.82) is 0 Å². The number of aromatic amines is 1. The molecule has 4 aromatic heterocycles. The molecule has 1 N–H and O–H groups in total. The van der Waals surface area contributed by atoms with E-state index in [9.17, 15) is 19.2 Å². The van der Waals surface area contributed by atoms with Crippen LogP contribution in [0.15, 0.2) is 83.8 Å². The molecule has 0 amide bonds. The smallest absolute Gasteiger partial charge is 0.347 e. The molecule has 6 rings (SSSR count). The van der Waals surface area contributed by atoms with E-state index in [-0.39, 0.29) is 40.0 Å². The second-order valence-electron chi connectivity index (χ2n) is 7.48. The molecule has 0 spiro atoms. The van der Waals surface area contributed by atoms with E-state index in [2.05, 4.69) is 24.9 Å². The second-order valence-corrected chi connectivity index (χ2v) is 7.48. The molecule has 0 fully saturated rings. The van der Waals surface area contributed by atoms with Gasteiger partial charge in [-0.3, -0.25) is 9.59 Å². The number of H-pyrrole nitrogens is 1. The number of carbonyl (C=O) groups is 2. The Hall–Kier alpha value is -5.52. The standard InChI is InChI=1S/C24H11N5O7/c30-17(15-9-25-19(27-15)20-28-13-7-3-1-5-11(13)23(32)35-20)18(31)16-10-26-21(34-16)22-29-14-8-4-2-6-12(14)24(33)36-22/h1-10H,(H,25,27). The highest BCUT2D eigenvalue weighted by atomic mass is 16.4. The zero-order valence-electron chi connectivity index (χ0n) is 17.9. The summed E-state index contributed by atoms with van der Waals surface area (Å²) in [5.74, 6) is -3.10. The van der Waals surface area contributed by atoms with Crippen molar-refractivity contribution in [3.05, 3.63) is 93.2 Å². The minimum Gasteiger partial charge on any atom is -0.429 e. The van der Waals surface area contributed by atoms with Gasteiger partial charge < -0.3 is 18.2 Å². The lowest BCUT2D eigenvalue weighted by Gasteiger charge is -1.98. The van der Waals surface area contributed by atoms with Crippen molar-refractivity contribution in [1.82, 2.24) is 24.9 Å². The summed E-state index contributed by atoms with van der Waals surface area (Å²) >= 11 is 0. The van der Waals surface area contributed by atoms with Crippen LogP contribution in [-0.2, 0) is 0 Å². The Labute approximate surface area is 198 Å². The Morgan fingerprint density at radius 3 is 1.97 bits per heavy atom. The van der Waals surface area contributed by atoms with Gasteiger partial charge in [0.15, 0.2) is 11.6 Å². The molecule has 4 heterocycles. The summed E-state index contributed by atoms with van der Waals surface area (Å²) in [6, 6.07) is 13.1. The second kappa shape index (κ2) is 8.06. The highest BCUT2D eigenvalue weighted by Gasteiger charge is 2.26. The number of Topliss-reactive ketones (excluding diaryl/α,β-unsaturated/α-hetero) is 2. The number of hydrogen-bond donors (Lipinski definition) is 1. The Kier molecular flexibility index (Phi) is 4.71. The quantitative estimate of drug-likeness (QED) is 0.283. The van der Waals surface area contributed by atoms with Crippen molar-refractivity contribution in [2.24, 2.45) is 0 Å². The number of hydrogen-bond acceptors (Lipinski definition) is 11. The van der Waals surface area contributed by atoms with E-state index < -0.39 is 28.6 Å². The first-order valence-corrected chi connectivity index (χ1v) is 10.4. The van der Waals surface area contributed by atoms with Crippen LogP contribution in [0.5, 0.6) is 0 Å². The number of rotatable bonds is 5. The lowest BCUT2D eigenvalue weighted by atomic mass is 10.2. The van der Waals surface area contributed by atoms with Crippen LogP contribution in [0, 0.1) is 0 Å². The number of oxazole rings is 1. The number of carbonyl (C=O) groups excluding carboxylic acids is 2. The molecule has 0 saturated carbocycles. The van der Waals surface area contributed by atoms with Crippen LogP contribution >= 0.6 is 0 Å². The van der Waals surface area contributed by atoms with E-state index in [0.29, 0.717) is 11.0 Å². The molecule has 0 atom stereocenters. The zero-order chi connectivity index (χ0) is 24.8. The number of ketones is 2. The minimum absolute atomic E-state index is 0.0191. The van der Waals surface area contributed by atoms with E-state index in [1.54, 1.807) is 48.5 Å². The molecule has 6 aromatic rings. The first-order valence-electron chi connectivity index (χ1n) is 10.4. The van der Waals surface area contributed by atoms with Crippen LogP contribution in [0.1, 0.15) is 21.0 Å². The maximum absolute atomic E-state index is 12.7. The third kappa shape index (κ3) is 3.49. The molecule has 12 heteroatoms. The molecular weight excluding hydrogens is 470 g/mol. The topological polar surface area (TPSA) is 175 Å². The van der Waals surface area contributed by atoms with Gasteiger partial charge in [0.25, 0.3) is 29.2 Å². The molecule has 0 aliphatic heterocycles. The molecule has 0 aliphatic carbocycles. The molecule has 12 nitrogen and oxygen atoms in total. The Balaban J connectivity index is 1.28. The number of imidazole rings is 1. The van der Waals surface area contributed by atoms with E-state index in [1.165, 1.54) is 0 Å². The number of para-hydroxylation sites is 2. The van der Waals surface area contributed by atoms with Gasteiger partial charge in [0.05, 0.1) is 34.2 Å². The van der Waals surface area contributed by atoms with Crippen LogP contribution in [-0.4, -0.2) is 36.5 Å². The van der Waals surface area contributed by atoms with Gasteiger partial charge in [0.1, 0.15) is 5.69 Å². The highest BCUT2D eigenvalue weighted by molar-refractivity contribution is 6.48. The van der Waals surface area contributed by atoms with Crippen molar-refractivity contribution in [2.45, 2.75) is 0 Å². The maximum Gasteiger partial charge on any atom is 0.347 e. The van der Waals surface area contributed by atoms with Gasteiger partial charge in [0, 0.05) is 0 Å². The summed E-state index contributed by atoms with van der Waals surface area (Å²) in [4.78, 5) is 68.7. The summed E-state index contributed by atoms with van der Waals surface area (Å²) in [6.45, 7) is 0. The Morgan fingerprint density at radius 1 is 0.667 bits per heavy atom. The summed E-state index contributed by atoms with van der Waals surface area (Å²) in [5.41, 5.74) is -0.742. The summed E-state index contributed by atoms with van der Waals surface area (Å²) < 4.78 is 15.7. The highest BCUT2D eigenvalue weighted by Crippen LogP contribution is 2.20. The van der Waals surface area contributed by atoms with Crippen LogP contribution in [0.3, 0.4) is 0 Å². The third-order valence-electron chi connectivity index (χ3n) is 5.21. The maximum atomic E-state index is 12.7. The SMILES string of the molecule is O=C(C(=O)c1cnc(-c2nc3ccccc3c(=O)o2)o1)c1cnc(-c2nc3ccccc3c(=O)o2)[nH]1. The molecule has 0 radical (unpaired) electrons. The molecule has 0 bridgehead atoms. The molecule has 0 aliphatic rings. The average Bonchev–Trinajstić information content (AvgIpc) is 3.59. The van der Waals surface area contributed by atoms with Crippen LogP contribution in [0.25, 0.3) is 45.3 Å². The van der Waals surface area contributed by atoms with Gasteiger partial charge in [-0.05, 0) is 24.3 Å². The summed E-state index contributed by atoms with van der Waals surface area (Å²) in [6.07, 6.45) is 2.13. The largest absolute Gasteiger partial charge is 0.429 e. The fourth-order valence-electron chi connectivity index (χ4n) is 3.49. The fraction of sp³-hybridized carbons (Fsp3) is 0. The van der Waals surface area contributed by atoms with Crippen molar-refractivity contribution in [3.8, 4) is 23.5 Å². The van der Waals surface area contributed by atoms with Crippen LogP contribution in [0.2, 0.25) is 0 Å². The Morgan fingerprint density at radius 2 is 1.28 bits per heavy atom. The lowest BCUT2D eigenvalue weighted by molar-refractivity contribution is 0.0798. The van der Waals surface area contributed by atoms with Crippen molar-refractivity contribution in [2.75, 3.05) is 0 Å². The zero-order valence-corrected chi connectivity index (χ0v) is 17.9. The predicted molar refractivity (Wildman–Crippen MR) is 122 cm³/mol. The van der Waals surface area contributed by atoms with Gasteiger partial charge in [-0.2, -0.15) is 0 Å². The van der Waals surface area contributed by atoms with E-state index in [0.717, 1.165) is 12.4 Å². The molecule has 36 heavy (non-hydrogen) atoms. The molecule has 174 valence electrons. The van der Waals surface area contributed by atoms with Crippen molar-refractivity contribution in [3.63, 3.8) is 0 Å². The van der Waals surface area contributed by atoms with Gasteiger partial charge in [-0.1, -0.05) is 24.3 Å². The first-order chi connectivity index (χ1) is 17.5. The normalized spacial score (nSPS) is 11.2. The van der Waals surface area contributed by atoms with Gasteiger partial charge in [-0.15, -0.1) is 0 Å². The van der Waals surface area contributed by atoms with E-state index >= 15 is 0 Å². The number of benzene rings is 2. The number of fused-ring (bicyclic) bond motifs is 2. The van der Waals surface area contributed by atoms with Crippen molar-refractivity contribution >= 4 is 33.4 Å². The fourth-order valence-corrected chi connectivity index (χ4v) is 3.49. The number of nitrogens with one attached hydrogen (secondary N) is 1. The van der Waals surface area contributed by atoms with Crippen LogP contribution in [0.4, 0.5) is 0 Å². The molecule has 0 saturated heterocycles. The predicted octanol–water partition coefficient (Wildman–Crippen LogP) is 2.80. The van der Waals surface area contributed by atoms with E-state index in [1.807, 2.05) is 0 Å².